The standard InChI is InChI=1S/C38H28BNO/c1-38(2,3)23-19-20-33-29(21-23)39-30-22-32-36(27-13-7-8-17-31(27)40(32)24-11-5-4-6-12-24)28-16-9-14-25(35(28)30)26-15-10-18-34(41-33)37(26)39/h4-22H,1-3H3. The van der Waals surface area contributed by atoms with Crippen molar-refractivity contribution in [3.05, 3.63) is 121 Å². The summed E-state index contributed by atoms with van der Waals surface area (Å²) in [5, 5.41) is 5.29. The van der Waals surface area contributed by atoms with Crippen molar-refractivity contribution in [3.8, 4) is 28.3 Å². The zero-order chi connectivity index (χ0) is 27.5. The number of hydrogen-bond acceptors (Lipinski definition) is 1. The van der Waals surface area contributed by atoms with Gasteiger partial charge in [-0.3, -0.25) is 0 Å². The minimum Gasteiger partial charge on any atom is -0.458 e. The zero-order valence-corrected chi connectivity index (χ0v) is 23.4. The first-order chi connectivity index (χ1) is 20.0. The van der Waals surface area contributed by atoms with Gasteiger partial charge in [0.1, 0.15) is 11.5 Å². The first-order valence-corrected chi connectivity index (χ1v) is 14.5. The number of rotatable bonds is 1. The summed E-state index contributed by atoms with van der Waals surface area (Å²) in [4.78, 5) is 0. The van der Waals surface area contributed by atoms with Crippen LogP contribution in [-0.2, 0) is 5.41 Å². The van der Waals surface area contributed by atoms with Crippen molar-refractivity contribution in [1.82, 2.24) is 4.57 Å². The first kappa shape index (κ1) is 23.0. The molecule has 41 heavy (non-hydrogen) atoms. The topological polar surface area (TPSA) is 14.2 Å². The third kappa shape index (κ3) is 3.04. The van der Waals surface area contributed by atoms with Crippen LogP contribution in [-0.4, -0.2) is 11.3 Å². The highest BCUT2D eigenvalue weighted by Gasteiger charge is 2.40. The molecule has 0 unspecified atom stereocenters. The van der Waals surface area contributed by atoms with E-state index in [9.17, 15) is 0 Å². The second-order valence-corrected chi connectivity index (χ2v) is 12.5. The van der Waals surface area contributed by atoms with E-state index < -0.39 is 0 Å². The first-order valence-electron chi connectivity index (χ1n) is 14.5. The summed E-state index contributed by atoms with van der Waals surface area (Å²) in [5.41, 5.74) is 11.5. The molecule has 0 bridgehead atoms. The van der Waals surface area contributed by atoms with Gasteiger partial charge in [0.25, 0.3) is 6.71 Å². The molecule has 2 aliphatic heterocycles. The number of nitrogens with zero attached hydrogens (tertiary/aromatic N) is 1. The van der Waals surface area contributed by atoms with E-state index in [0.717, 1.165) is 11.5 Å². The molecule has 0 radical (unpaired) electrons. The number of benzene rings is 6. The van der Waals surface area contributed by atoms with E-state index in [1.54, 1.807) is 0 Å². The fraction of sp³-hybridized carbons (Fsp3) is 0.105. The van der Waals surface area contributed by atoms with Crippen molar-refractivity contribution in [3.63, 3.8) is 0 Å². The molecule has 194 valence electrons. The molecule has 3 heteroatoms. The van der Waals surface area contributed by atoms with Crippen LogP contribution in [0.2, 0.25) is 0 Å². The van der Waals surface area contributed by atoms with Crippen LogP contribution >= 0.6 is 0 Å². The van der Waals surface area contributed by atoms with E-state index in [4.69, 9.17) is 4.74 Å². The maximum atomic E-state index is 6.63. The van der Waals surface area contributed by atoms with Crippen LogP contribution < -0.4 is 21.1 Å². The Bertz CT molecular complexity index is 2220. The Morgan fingerprint density at radius 1 is 0.585 bits per heavy atom. The van der Waals surface area contributed by atoms with Crippen molar-refractivity contribution in [2.75, 3.05) is 0 Å². The Morgan fingerprint density at radius 3 is 2.20 bits per heavy atom. The predicted molar refractivity (Wildman–Crippen MR) is 174 cm³/mol. The van der Waals surface area contributed by atoms with Crippen molar-refractivity contribution < 1.29 is 4.74 Å². The normalized spacial score (nSPS) is 13.4. The molecule has 0 saturated carbocycles. The van der Waals surface area contributed by atoms with E-state index in [1.165, 1.54) is 71.3 Å². The van der Waals surface area contributed by atoms with Gasteiger partial charge in [-0.05, 0) is 80.2 Å². The molecule has 2 nitrogen and oxygen atoms in total. The maximum Gasteiger partial charge on any atom is 0.252 e. The average Bonchev–Trinajstić information content (AvgIpc) is 3.33. The molecule has 3 heterocycles. The molecule has 2 aliphatic rings. The van der Waals surface area contributed by atoms with Gasteiger partial charge in [0, 0.05) is 16.5 Å². The summed E-state index contributed by atoms with van der Waals surface area (Å²) in [6, 6.07) is 42.3. The Hall–Kier alpha value is -4.76. The van der Waals surface area contributed by atoms with Gasteiger partial charge in [-0.2, -0.15) is 0 Å². The van der Waals surface area contributed by atoms with E-state index in [0.29, 0.717) is 0 Å². The Kier molecular flexibility index (Phi) is 4.44. The van der Waals surface area contributed by atoms with Gasteiger partial charge in [0.2, 0.25) is 0 Å². The van der Waals surface area contributed by atoms with Crippen molar-refractivity contribution in [1.29, 1.82) is 0 Å². The minimum atomic E-state index is 0.0421. The molecule has 0 atom stereocenters. The number of para-hydroxylation sites is 2. The lowest BCUT2D eigenvalue weighted by molar-refractivity contribution is 0.486. The monoisotopic (exact) mass is 525 g/mol. The summed E-state index contributed by atoms with van der Waals surface area (Å²) in [7, 11) is 0. The second kappa shape index (κ2) is 7.92. The van der Waals surface area contributed by atoms with Gasteiger partial charge in [0.15, 0.2) is 0 Å². The summed E-state index contributed by atoms with van der Waals surface area (Å²) in [5.74, 6) is 1.93. The fourth-order valence-corrected chi connectivity index (χ4v) is 7.37. The Labute approximate surface area is 239 Å². The number of hydrogen-bond donors (Lipinski definition) is 0. The summed E-state index contributed by atoms with van der Waals surface area (Å²) in [6.45, 7) is 6.96. The summed E-state index contributed by atoms with van der Waals surface area (Å²) < 4.78 is 9.07. The SMILES string of the molecule is CC(C)(C)c1ccc2c(c1)B1c3c(cccc3-c3cccc4c3c1cc1c4c3ccccc3n1-c1ccccc1)O2. The van der Waals surface area contributed by atoms with Gasteiger partial charge in [-0.1, -0.05) is 105 Å². The smallest absolute Gasteiger partial charge is 0.252 e. The maximum absolute atomic E-state index is 6.63. The fourth-order valence-electron chi connectivity index (χ4n) is 7.37. The van der Waals surface area contributed by atoms with E-state index in [1.807, 2.05) is 0 Å². The molecule has 9 rings (SSSR count). The van der Waals surface area contributed by atoms with Crippen LogP contribution in [0.4, 0.5) is 0 Å². The second-order valence-electron chi connectivity index (χ2n) is 12.5. The van der Waals surface area contributed by atoms with Crippen molar-refractivity contribution in [2.45, 2.75) is 26.2 Å². The average molecular weight is 525 g/mol. The number of ether oxygens (including phenoxy) is 1. The molecule has 0 N–H and O–H groups in total. The molecule has 0 amide bonds. The molecule has 7 aromatic rings. The van der Waals surface area contributed by atoms with Crippen molar-refractivity contribution >= 4 is 55.7 Å². The number of aromatic nitrogens is 1. The zero-order valence-electron chi connectivity index (χ0n) is 23.4. The highest BCUT2D eigenvalue weighted by atomic mass is 16.5. The summed E-state index contributed by atoms with van der Waals surface area (Å²) >= 11 is 0. The van der Waals surface area contributed by atoms with E-state index in [2.05, 4.69) is 141 Å². The van der Waals surface area contributed by atoms with E-state index >= 15 is 0 Å². The van der Waals surface area contributed by atoms with E-state index in [-0.39, 0.29) is 12.1 Å². The minimum absolute atomic E-state index is 0.0421. The molecule has 0 spiro atoms. The van der Waals surface area contributed by atoms with Gasteiger partial charge in [-0.25, -0.2) is 0 Å². The van der Waals surface area contributed by atoms with Crippen LogP contribution in [0, 0.1) is 0 Å². The lowest BCUT2D eigenvalue weighted by Crippen LogP contribution is -2.57. The Balaban J connectivity index is 1.48. The molecular formula is C38H28BNO. The third-order valence-electron chi connectivity index (χ3n) is 9.20. The van der Waals surface area contributed by atoms with Crippen LogP contribution in [0.15, 0.2) is 115 Å². The predicted octanol–water partition coefficient (Wildman–Crippen LogP) is 7.84. The van der Waals surface area contributed by atoms with Crippen LogP contribution in [0.5, 0.6) is 11.5 Å². The van der Waals surface area contributed by atoms with Crippen LogP contribution in [0.25, 0.3) is 49.4 Å². The van der Waals surface area contributed by atoms with Crippen LogP contribution in [0.3, 0.4) is 0 Å². The highest BCUT2D eigenvalue weighted by molar-refractivity contribution is 7.00. The lowest BCUT2D eigenvalue weighted by atomic mass is 9.32. The highest BCUT2D eigenvalue weighted by Crippen LogP contribution is 2.42. The molecule has 0 aliphatic carbocycles. The largest absolute Gasteiger partial charge is 0.458 e. The Morgan fingerprint density at radius 2 is 1.34 bits per heavy atom. The number of fused-ring (bicyclic) bond motifs is 8. The van der Waals surface area contributed by atoms with Gasteiger partial charge < -0.3 is 9.30 Å². The van der Waals surface area contributed by atoms with Gasteiger partial charge in [0.05, 0.1) is 11.0 Å². The molecule has 0 saturated heterocycles. The third-order valence-corrected chi connectivity index (χ3v) is 9.20. The van der Waals surface area contributed by atoms with Gasteiger partial charge in [-0.15, -0.1) is 0 Å². The molecule has 1 aromatic heterocycles. The molecular weight excluding hydrogens is 497 g/mol. The van der Waals surface area contributed by atoms with Crippen LogP contribution in [0.1, 0.15) is 26.3 Å². The van der Waals surface area contributed by atoms with Crippen molar-refractivity contribution in [2.24, 2.45) is 0 Å². The molecule has 6 aromatic carbocycles. The van der Waals surface area contributed by atoms with Gasteiger partial charge >= 0.3 is 0 Å². The summed E-state index contributed by atoms with van der Waals surface area (Å²) in [6.07, 6.45) is 0. The molecule has 0 fully saturated rings. The lowest BCUT2D eigenvalue weighted by Gasteiger charge is -2.34. The quantitative estimate of drug-likeness (QED) is 0.199.